The maximum Gasteiger partial charge on any atom is 0.347 e. The first kappa shape index (κ1) is 19.3. The summed E-state index contributed by atoms with van der Waals surface area (Å²) in [5.74, 6) is -1.00. The number of hydrogen-bond acceptors (Lipinski definition) is 6. The molecule has 144 valence electrons. The molecule has 0 saturated carbocycles. The van der Waals surface area contributed by atoms with Crippen LogP contribution in [-0.2, 0) is 21.7 Å². The molecule has 7 nitrogen and oxygen atoms in total. The van der Waals surface area contributed by atoms with Crippen molar-refractivity contribution in [3.8, 4) is 5.75 Å². The van der Waals surface area contributed by atoms with Crippen LogP contribution in [0.15, 0.2) is 71.7 Å². The molecule has 1 aromatic heterocycles. The van der Waals surface area contributed by atoms with E-state index < -0.39 is 17.1 Å². The summed E-state index contributed by atoms with van der Waals surface area (Å²) in [4.78, 5) is 25.9. The van der Waals surface area contributed by atoms with E-state index in [1.54, 1.807) is 18.2 Å². The first-order valence-electron chi connectivity index (χ1n) is 8.57. The van der Waals surface area contributed by atoms with Crippen molar-refractivity contribution >= 4 is 5.97 Å². The van der Waals surface area contributed by atoms with E-state index in [1.165, 1.54) is 30.1 Å². The average Bonchev–Trinajstić information content (AvgIpc) is 2.75. The van der Waals surface area contributed by atoms with Crippen molar-refractivity contribution < 1.29 is 19.4 Å². The molecule has 0 fully saturated rings. The molecule has 0 aliphatic heterocycles. The van der Waals surface area contributed by atoms with E-state index in [9.17, 15) is 14.7 Å². The molecule has 2 aromatic carbocycles. The highest BCUT2D eigenvalue weighted by Gasteiger charge is 2.46. The maximum absolute atomic E-state index is 13.2. The van der Waals surface area contributed by atoms with Gasteiger partial charge in [0.1, 0.15) is 5.56 Å². The molecule has 1 N–H and O–H groups in total. The number of carbonyl (C=O) groups excluding carboxylic acids is 1. The van der Waals surface area contributed by atoms with Gasteiger partial charge in [0.2, 0.25) is 5.60 Å². The van der Waals surface area contributed by atoms with Crippen LogP contribution in [0.25, 0.3) is 0 Å². The number of esters is 1. The maximum atomic E-state index is 13.2. The van der Waals surface area contributed by atoms with Crippen molar-refractivity contribution in [3.05, 3.63) is 93.9 Å². The second-order valence-electron chi connectivity index (χ2n) is 6.10. The number of hydrogen-bond donors (Lipinski definition) is 1. The zero-order chi connectivity index (χ0) is 20.1. The lowest BCUT2D eigenvalue weighted by Gasteiger charge is -2.27. The molecule has 1 heterocycles. The molecule has 0 bridgehead atoms. The standard InChI is InChI=1S/C21H20N2O5/c1-27-17-13-22-23(14-15-9-5-3-6-10-15)19(24)18(17)21(26,20(25)28-2)16-11-7-4-8-12-16/h3-13,26H,14H2,1-2H3. The number of rotatable bonds is 6. The molecule has 3 aromatic rings. The SMILES string of the molecule is COC(=O)C(O)(c1ccccc1)c1c(OC)cnn(Cc2ccccc2)c1=O. The van der Waals surface area contributed by atoms with Gasteiger partial charge in [-0.2, -0.15) is 5.10 Å². The van der Waals surface area contributed by atoms with Gasteiger partial charge in [-0.15, -0.1) is 0 Å². The minimum atomic E-state index is -2.35. The van der Waals surface area contributed by atoms with Crippen molar-refractivity contribution in [2.45, 2.75) is 12.1 Å². The normalized spacial score (nSPS) is 12.8. The van der Waals surface area contributed by atoms with E-state index in [0.717, 1.165) is 12.7 Å². The van der Waals surface area contributed by atoms with Gasteiger partial charge in [0.05, 0.1) is 27.0 Å². The van der Waals surface area contributed by atoms with Gasteiger partial charge in [-0.1, -0.05) is 60.7 Å². The molecule has 0 aliphatic rings. The highest BCUT2D eigenvalue weighted by atomic mass is 16.5. The topological polar surface area (TPSA) is 90.7 Å². The first-order valence-corrected chi connectivity index (χ1v) is 8.57. The summed E-state index contributed by atoms with van der Waals surface area (Å²) < 4.78 is 11.2. The fourth-order valence-corrected chi connectivity index (χ4v) is 3.02. The van der Waals surface area contributed by atoms with Gasteiger partial charge in [-0.25, -0.2) is 9.48 Å². The van der Waals surface area contributed by atoms with E-state index in [4.69, 9.17) is 9.47 Å². The Hall–Kier alpha value is -3.45. The molecule has 1 atom stereocenters. The Morgan fingerprint density at radius 2 is 1.68 bits per heavy atom. The van der Waals surface area contributed by atoms with Crippen molar-refractivity contribution in [2.24, 2.45) is 0 Å². The Balaban J connectivity index is 2.24. The molecule has 0 aliphatic carbocycles. The summed E-state index contributed by atoms with van der Waals surface area (Å²) in [6.07, 6.45) is 1.30. The summed E-state index contributed by atoms with van der Waals surface area (Å²) in [6, 6.07) is 17.4. The molecule has 3 rings (SSSR count). The highest BCUT2D eigenvalue weighted by Crippen LogP contribution is 2.34. The molecule has 0 amide bonds. The van der Waals surface area contributed by atoms with E-state index in [2.05, 4.69) is 5.10 Å². The zero-order valence-electron chi connectivity index (χ0n) is 15.5. The molecule has 7 heteroatoms. The number of aliphatic hydroxyl groups is 1. The van der Waals surface area contributed by atoms with Crippen LogP contribution in [0, 0.1) is 0 Å². The number of carbonyl (C=O) groups is 1. The number of nitrogens with zero attached hydrogens (tertiary/aromatic N) is 2. The number of ether oxygens (including phenoxy) is 2. The largest absolute Gasteiger partial charge is 0.494 e. The number of benzene rings is 2. The van der Waals surface area contributed by atoms with Crippen LogP contribution in [0.1, 0.15) is 16.7 Å². The smallest absolute Gasteiger partial charge is 0.347 e. The second kappa shape index (κ2) is 8.06. The van der Waals surface area contributed by atoms with E-state index >= 15 is 0 Å². The minimum absolute atomic E-state index is 0.00827. The Labute approximate surface area is 161 Å². The van der Waals surface area contributed by atoms with Gasteiger partial charge in [-0.05, 0) is 11.1 Å². The summed E-state index contributed by atoms with van der Waals surface area (Å²) >= 11 is 0. The fraction of sp³-hybridized carbons (Fsp3) is 0.190. The minimum Gasteiger partial charge on any atom is -0.494 e. The number of methoxy groups -OCH3 is 2. The molecular formula is C21H20N2O5. The quantitative estimate of drug-likeness (QED) is 0.655. The van der Waals surface area contributed by atoms with Crippen molar-refractivity contribution in [3.63, 3.8) is 0 Å². The zero-order valence-corrected chi connectivity index (χ0v) is 15.5. The molecule has 1 unspecified atom stereocenters. The Morgan fingerprint density at radius 1 is 1.07 bits per heavy atom. The van der Waals surface area contributed by atoms with Gasteiger partial charge in [0, 0.05) is 0 Å². The molecule has 0 spiro atoms. The van der Waals surface area contributed by atoms with Crippen molar-refractivity contribution in [2.75, 3.05) is 14.2 Å². The summed E-state index contributed by atoms with van der Waals surface area (Å²) in [5.41, 5.74) is -2.22. The third-order valence-corrected chi connectivity index (χ3v) is 4.44. The van der Waals surface area contributed by atoms with Crippen LogP contribution in [0.3, 0.4) is 0 Å². The molecule has 28 heavy (non-hydrogen) atoms. The fourth-order valence-electron chi connectivity index (χ4n) is 3.02. The third kappa shape index (κ3) is 3.39. The predicted octanol–water partition coefficient (Wildman–Crippen LogP) is 1.71. The van der Waals surface area contributed by atoms with Crippen molar-refractivity contribution in [1.82, 2.24) is 9.78 Å². The first-order chi connectivity index (χ1) is 13.5. The van der Waals surface area contributed by atoms with Gasteiger partial charge in [-0.3, -0.25) is 4.79 Å². The van der Waals surface area contributed by atoms with E-state index in [1.807, 2.05) is 30.3 Å². The van der Waals surface area contributed by atoms with Crippen molar-refractivity contribution in [1.29, 1.82) is 0 Å². The Bertz CT molecular complexity index is 1020. The average molecular weight is 380 g/mol. The van der Waals surface area contributed by atoms with Gasteiger partial charge < -0.3 is 14.6 Å². The van der Waals surface area contributed by atoms with Gasteiger partial charge >= 0.3 is 5.97 Å². The van der Waals surface area contributed by atoms with Crippen LogP contribution >= 0.6 is 0 Å². The lowest BCUT2D eigenvalue weighted by Crippen LogP contribution is -2.44. The molecule has 0 radical (unpaired) electrons. The molecular weight excluding hydrogens is 360 g/mol. The monoisotopic (exact) mass is 380 g/mol. The van der Waals surface area contributed by atoms with Crippen LogP contribution in [0.5, 0.6) is 5.75 Å². The predicted molar refractivity (Wildman–Crippen MR) is 102 cm³/mol. The molecule has 0 saturated heterocycles. The van der Waals surface area contributed by atoms with Crippen LogP contribution < -0.4 is 10.3 Å². The van der Waals surface area contributed by atoms with Crippen LogP contribution in [-0.4, -0.2) is 35.1 Å². The highest BCUT2D eigenvalue weighted by molar-refractivity contribution is 5.86. The van der Waals surface area contributed by atoms with Crippen LogP contribution in [0.2, 0.25) is 0 Å². The summed E-state index contributed by atoms with van der Waals surface area (Å²) in [7, 11) is 2.48. The van der Waals surface area contributed by atoms with Crippen LogP contribution in [0.4, 0.5) is 0 Å². The Morgan fingerprint density at radius 3 is 2.25 bits per heavy atom. The summed E-state index contributed by atoms with van der Waals surface area (Å²) in [5, 5.41) is 15.5. The second-order valence-corrected chi connectivity index (χ2v) is 6.10. The number of aromatic nitrogens is 2. The third-order valence-electron chi connectivity index (χ3n) is 4.44. The van der Waals surface area contributed by atoms with E-state index in [0.29, 0.717) is 0 Å². The van der Waals surface area contributed by atoms with Gasteiger partial charge in [0.25, 0.3) is 5.56 Å². The Kier molecular flexibility index (Phi) is 5.56. The van der Waals surface area contributed by atoms with E-state index in [-0.39, 0.29) is 23.4 Å². The van der Waals surface area contributed by atoms with Gasteiger partial charge in [0.15, 0.2) is 5.75 Å². The lowest BCUT2D eigenvalue weighted by atomic mass is 9.86. The lowest BCUT2D eigenvalue weighted by molar-refractivity contribution is -0.159. The summed E-state index contributed by atoms with van der Waals surface area (Å²) in [6.45, 7) is 0.169.